The standard InChI is InChI=1S/C20H19FN6/c1-26-13-18(24-25-26)14-7-9-27(10-8-14)20-15(11-22)3-2-4-17(20)16-5-6-19(21)23-12-16/h2-6,12-14H,7-10H2,1H3. The molecule has 1 aliphatic rings. The van der Waals surface area contributed by atoms with Crippen LogP contribution in [0.15, 0.2) is 42.7 Å². The van der Waals surface area contributed by atoms with Gasteiger partial charge in [-0.05, 0) is 31.0 Å². The van der Waals surface area contributed by atoms with Crippen molar-refractivity contribution < 1.29 is 4.39 Å². The lowest BCUT2D eigenvalue weighted by Crippen LogP contribution is -2.34. The summed E-state index contributed by atoms with van der Waals surface area (Å²) >= 11 is 0. The van der Waals surface area contributed by atoms with Crippen LogP contribution in [0.2, 0.25) is 0 Å². The van der Waals surface area contributed by atoms with Gasteiger partial charge in [0.15, 0.2) is 0 Å². The number of piperidine rings is 1. The van der Waals surface area contributed by atoms with Gasteiger partial charge in [-0.25, -0.2) is 4.98 Å². The third kappa shape index (κ3) is 3.38. The van der Waals surface area contributed by atoms with Crippen LogP contribution < -0.4 is 4.90 Å². The predicted octanol–water partition coefficient (Wildman–Crippen LogP) is 3.27. The number of nitriles is 1. The van der Waals surface area contributed by atoms with Gasteiger partial charge >= 0.3 is 0 Å². The molecule has 7 heteroatoms. The summed E-state index contributed by atoms with van der Waals surface area (Å²) in [6, 6.07) is 11.0. The summed E-state index contributed by atoms with van der Waals surface area (Å²) in [5, 5.41) is 17.9. The van der Waals surface area contributed by atoms with E-state index in [9.17, 15) is 9.65 Å². The minimum atomic E-state index is -0.512. The van der Waals surface area contributed by atoms with E-state index in [1.165, 1.54) is 12.3 Å². The van der Waals surface area contributed by atoms with Crippen LogP contribution in [0, 0.1) is 17.3 Å². The van der Waals surface area contributed by atoms with Gasteiger partial charge in [0.25, 0.3) is 0 Å². The first-order chi connectivity index (χ1) is 13.2. The topological polar surface area (TPSA) is 70.6 Å². The average molecular weight is 362 g/mol. The molecule has 0 saturated carbocycles. The van der Waals surface area contributed by atoms with E-state index in [4.69, 9.17) is 0 Å². The lowest BCUT2D eigenvalue weighted by molar-refractivity contribution is 0.495. The maximum absolute atomic E-state index is 13.2. The molecule has 3 heterocycles. The number of hydrogen-bond acceptors (Lipinski definition) is 5. The fourth-order valence-corrected chi connectivity index (χ4v) is 3.69. The molecule has 27 heavy (non-hydrogen) atoms. The van der Waals surface area contributed by atoms with Crippen molar-refractivity contribution in [2.75, 3.05) is 18.0 Å². The fraction of sp³-hybridized carbons (Fsp3) is 0.300. The fourth-order valence-electron chi connectivity index (χ4n) is 3.69. The first kappa shape index (κ1) is 17.2. The minimum absolute atomic E-state index is 0.375. The van der Waals surface area contributed by atoms with Crippen molar-refractivity contribution in [1.82, 2.24) is 20.0 Å². The second kappa shape index (κ2) is 7.16. The van der Waals surface area contributed by atoms with Gasteiger partial charge < -0.3 is 4.90 Å². The van der Waals surface area contributed by atoms with Gasteiger partial charge in [0, 0.05) is 49.6 Å². The van der Waals surface area contributed by atoms with Crippen LogP contribution in [0.5, 0.6) is 0 Å². The second-order valence-electron chi connectivity index (χ2n) is 6.76. The normalized spacial score (nSPS) is 14.9. The number of benzene rings is 1. The van der Waals surface area contributed by atoms with Gasteiger partial charge in [-0.1, -0.05) is 17.3 Å². The molecule has 0 atom stereocenters. The van der Waals surface area contributed by atoms with Crippen molar-refractivity contribution in [2.24, 2.45) is 7.05 Å². The number of hydrogen-bond donors (Lipinski definition) is 0. The highest BCUT2D eigenvalue weighted by Crippen LogP contribution is 2.37. The molecule has 2 aromatic heterocycles. The molecule has 1 fully saturated rings. The Kier molecular flexibility index (Phi) is 4.55. The van der Waals surface area contributed by atoms with Gasteiger partial charge in [0.05, 0.1) is 16.9 Å². The van der Waals surface area contributed by atoms with Crippen LogP contribution >= 0.6 is 0 Å². The van der Waals surface area contributed by atoms with E-state index in [0.717, 1.165) is 48.4 Å². The molecule has 6 nitrogen and oxygen atoms in total. The molecule has 3 aromatic rings. The number of rotatable bonds is 3. The Bertz CT molecular complexity index is 980. The van der Waals surface area contributed by atoms with E-state index >= 15 is 0 Å². The Morgan fingerprint density at radius 3 is 2.63 bits per heavy atom. The lowest BCUT2D eigenvalue weighted by atomic mass is 9.92. The Morgan fingerprint density at radius 1 is 1.19 bits per heavy atom. The van der Waals surface area contributed by atoms with Crippen molar-refractivity contribution in [1.29, 1.82) is 5.26 Å². The highest BCUT2D eigenvalue weighted by atomic mass is 19.1. The lowest BCUT2D eigenvalue weighted by Gasteiger charge is -2.34. The van der Waals surface area contributed by atoms with Crippen molar-refractivity contribution in [3.8, 4) is 17.2 Å². The van der Waals surface area contributed by atoms with Crippen molar-refractivity contribution in [3.63, 3.8) is 0 Å². The molecule has 0 N–H and O–H groups in total. The van der Waals surface area contributed by atoms with E-state index in [1.54, 1.807) is 10.7 Å². The summed E-state index contributed by atoms with van der Waals surface area (Å²) in [5.74, 6) is -0.137. The Labute approximate surface area is 156 Å². The molecule has 1 aliphatic heterocycles. The summed E-state index contributed by atoms with van der Waals surface area (Å²) < 4.78 is 15.0. The summed E-state index contributed by atoms with van der Waals surface area (Å²) in [4.78, 5) is 6.01. The first-order valence-electron chi connectivity index (χ1n) is 8.92. The molecule has 0 bridgehead atoms. The van der Waals surface area contributed by atoms with Crippen molar-refractivity contribution >= 4 is 5.69 Å². The van der Waals surface area contributed by atoms with Crippen molar-refractivity contribution in [3.05, 3.63) is 59.9 Å². The van der Waals surface area contributed by atoms with E-state index in [1.807, 2.05) is 31.4 Å². The molecule has 0 spiro atoms. The monoisotopic (exact) mass is 362 g/mol. The molecule has 4 rings (SSSR count). The van der Waals surface area contributed by atoms with Gasteiger partial charge in [-0.15, -0.1) is 5.10 Å². The van der Waals surface area contributed by atoms with E-state index in [0.29, 0.717) is 11.5 Å². The molecule has 0 aliphatic carbocycles. The second-order valence-corrected chi connectivity index (χ2v) is 6.76. The van der Waals surface area contributed by atoms with Crippen LogP contribution in [0.3, 0.4) is 0 Å². The molecule has 136 valence electrons. The van der Waals surface area contributed by atoms with Crippen molar-refractivity contribution in [2.45, 2.75) is 18.8 Å². The number of halogens is 1. The largest absolute Gasteiger partial charge is 0.370 e. The minimum Gasteiger partial charge on any atom is -0.370 e. The first-order valence-corrected chi connectivity index (χ1v) is 8.92. The third-order valence-electron chi connectivity index (χ3n) is 5.04. The molecular formula is C20H19FN6. The summed E-state index contributed by atoms with van der Waals surface area (Å²) in [6.07, 6.45) is 5.37. The smallest absolute Gasteiger partial charge is 0.212 e. The molecule has 0 radical (unpaired) electrons. The van der Waals surface area contributed by atoms with E-state index in [-0.39, 0.29) is 0 Å². The number of nitrogens with zero attached hydrogens (tertiary/aromatic N) is 6. The Balaban J connectivity index is 1.64. The SMILES string of the molecule is Cn1cc(C2CCN(c3c(C#N)cccc3-c3ccc(F)nc3)CC2)nn1. The number of pyridine rings is 1. The number of para-hydroxylation sites is 1. The average Bonchev–Trinajstić information content (AvgIpc) is 3.14. The number of aryl methyl sites for hydroxylation is 1. The highest BCUT2D eigenvalue weighted by Gasteiger charge is 2.26. The molecule has 1 saturated heterocycles. The maximum atomic E-state index is 13.2. The summed E-state index contributed by atoms with van der Waals surface area (Å²) in [7, 11) is 1.87. The van der Waals surface area contributed by atoms with Gasteiger partial charge in [0.1, 0.15) is 6.07 Å². The summed E-state index contributed by atoms with van der Waals surface area (Å²) in [6.45, 7) is 1.64. The van der Waals surface area contributed by atoms with E-state index < -0.39 is 5.95 Å². The quantitative estimate of drug-likeness (QED) is 0.669. The van der Waals surface area contributed by atoms with Gasteiger partial charge in [0.2, 0.25) is 5.95 Å². The van der Waals surface area contributed by atoms with Crippen LogP contribution in [0.1, 0.15) is 30.0 Å². The van der Waals surface area contributed by atoms with Crippen LogP contribution in [-0.2, 0) is 7.05 Å². The predicted molar refractivity (Wildman–Crippen MR) is 99.5 cm³/mol. The van der Waals surface area contributed by atoms with Crippen LogP contribution in [0.25, 0.3) is 11.1 Å². The molecule has 0 amide bonds. The maximum Gasteiger partial charge on any atom is 0.212 e. The number of aromatic nitrogens is 4. The molecular weight excluding hydrogens is 343 g/mol. The Morgan fingerprint density at radius 2 is 2.00 bits per heavy atom. The third-order valence-corrected chi connectivity index (χ3v) is 5.04. The zero-order valence-electron chi connectivity index (χ0n) is 15.0. The number of anilines is 1. The Hall–Kier alpha value is -3.27. The van der Waals surface area contributed by atoms with Gasteiger partial charge in [-0.2, -0.15) is 9.65 Å². The zero-order chi connectivity index (χ0) is 18.8. The summed E-state index contributed by atoms with van der Waals surface area (Å²) in [5.41, 5.74) is 4.24. The molecule has 0 unspecified atom stereocenters. The van der Waals surface area contributed by atoms with Crippen LogP contribution in [0.4, 0.5) is 10.1 Å². The van der Waals surface area contributed by atoms with E-state index in [2.05, 4.69) is 26.3 Å². The van der Waals surface area contributed by atoms with Gasteiger partial charge in [-0.3, -0.25) is 4.68 Å². The van der Waals surface area contributed by atoms with Crippen LogP contribution in [-0.4, -0.2) is 33.1 Å². The molecule has 1 aromatic carbocycles. The zero-order valence-corrected chi connectivity index (χ0v) is 15.0. The highest BCUT2D eigenvalue weighted by molar-refractivity contribution is 5.82.